The van der Waals surface area contributed by atoms with Gasteiger partial charge in [-0.3, -0.25) is 5.32 Å². The van der Waals surface area contributed by atoms with Gasteiger partial charge in [-0.1, -0.05) is 20.8 Å². The van der Waals surface area contributed by atoms with Crippen LogP contribution in [0.3, 0.4) is 0 Å². The van der Waals surface area contributed by atoms with E-state index >= 15 is 0 Å². The van der Waals surface area contributed by atoms with Gasteiger partial charge < -0.3 is 4.74 Å². The van der Waals surface area contributed by atoms with E-state index in [1.807, 2.05) is 26.2 Å². The van der Waals surface area contributed by atoms with E-state index in [-0.39, 0.29) is 5.41 Å². The van der Waals surface area contributed by atoms with Crippen LogP contribution in [0.5, 0.6) is 0 Å². The Morgan fingerprint density at radius 1 is 1.18 bits per heavy atom. The molecule has 1 aromatic heterocycles. The van der Waals surface area contributed by atoms with Crippen molar-refractivity contribution in [1.29, 1.82) is 0 Å². The predicted octanol–water partition coefficient (Wildman–Crippen LogP) is 4.39. The average molecular weight is 255 g/mol. The van der Waals surface area contributed by atoms with Crippen molar-refractivity contribution in [2.45, 2.75) is 52.6 Å². The minimum Gasteiger partial charge on any atom is -0.444 e. The molecule has 3 nitrogen and oxygen atoms in total. The van der Waals surface area contributed by atoms with E-state index in [4.69, 9.17) is 4.74 Å². The molecule has 0 saturated heterocycles. The van der Waals surface area contributed by atoms with E-state index in [2.05, 4.69) is 31.5 Å². The monoisotopic (exact) mass is 255 g/mol. The summed E-state index contributed by atoms with van der Waals surface area (Å²) in [5.41, 5.74) is 1.52. The number of ether oxygens (including phenoxy) is 1. The topological polar surface area (TPSA) is 38.3 Å². The highest BCUT2D eigenvalue weighted by atomic mass is 32.1. The summed E-state index contributed by atoms with van der Waals surface area (Å²) >= 11 is 1.58. The van der Waals surface area contributed by atoms with Gasteiger partial charge in [-0.15, -0.1) is 11.3 Å². The molecule has 1 N–H and O–H groups in total. The second-order valence-electron chi connectivity index (χ2n) is 6.08. The molecule has 1 amide bonds. The van der Waals surface area contributed by atoms with Gasteiger partial charge in [0.25, 0.3) is 0 Å². The highest BCUT2D eigenvalue weighted by Crippen LogP contribution is 2.32. The van der Waals surface area contributed by atoms with Crippen molar-refractivity contribution in [1.82, 2.24) is 0 Å². The number of carbonyl (C=O) groups excluding carboxylic acids is 1. The zero-order valence-corrected chi connectivity index (χ0v) is 12.2. The smallest absolute Gasteiger partial charge is 0.412 e. The normalized spacial score (nSPS) is 12.4. The van der Waals surface area contributed by atoms with Crippen LogP contribution < -0.4 is 5.32 Å². The Labute approximate surface area is 107 Å². The van der Waals surface area contributed by atoms with E-state index in [0.717, 1.165) is 11.3 Å². The molecule has 17 heavy (non-hydrogen) atoms. The molecule has 0 saturated carbocycles. The molecule has 96 valence electrons. The molecule has 1 heterocycles. The minimum absolute atomic E-state index is 0.0182. The number of rotatable bonds is 1. The summed E-state index contributed by atoms with van der Waals surface area (Å²) in [5, 5.41) is 6.80. The fourth-order valence-electron chi connectivity index (χ4n) is 1.39. The van der Waals surface area contributed by atoms with E-state index in [1.54, 1.807) is 11.3 Å². The van der Waals surface area contributed by atoms with Crippen molar-refractivity contribution >= 4 is 23.1 Å². The molecule has 0 aliphatic rings. The van der Waals surface area contributed by atoms with Crippen LogP contribution in [0.25, 0.3) is 0 Å². The number of anilines is 1. The van der Waals surface area contributed by atoms with Crippen molar-refractivity contribution < 1.29 is 9.53 Å². The zero-order valence-electron chi connectivity index (χ0n) is 11.4. The Morgan fingerprint density at radius 3 is 2.24 bits per heavy atom. The number of nitrogens with one attached hydrogen (secondary N) is 1. The summed E-state index contributed by atoms with van der Waals surface area (Å²) in [4.78, 5) is 11.7. The van der Waals surface area contributed by atoms with E-state index in [0.29, 0.717) is 0 Å². The summed E-state index contributed by atoms with van der Waals surface area (Å²) in [7, 11) is 0. The van der Waals surface area contributed by atoms with Crippen molar-refractivity contribution in [2.24, 2.45) is 0 Å². The highest BCUT2D eigenvalue weighted by molar-refractivity contribution is 7.08. The lowest BCUT2D eigenvalue weighted by molar-refractivity contribution is 0.0636. The van der Waals surface area contributed by atoms with Gasteiger partial charge in [0.2, 0.25) is 0 Å². The molecule has 0 aliphatic heterocycles. The van der Waals surface area contributed by atoms with Crippen LogP contribution in [0.2, 0.25) is 0 Å². The van der Waals surface area contributed by atoms with Gasteiger partial charge >= 0.3 is 6.09 Å². The molecule has 0 unspecified atom stereocenters. The first-order chi connectivity index (χ1) is 7.59. The van der Waals surface area contributed by atoms with Crippen LogP contribution in [0.15, 0.2) is 10.8 Å². The molecule has 0 bridgehead atoms. The van der Waals surface area contributed by atoms with Crippen molar-refractivity contribution in [3.63, 3.8) is 0 Å². The zero-order chi connectivity index (χ0) is 13.3. The van der Waals surface area contributed by atoms with Gasteiger partial charge in [-0.05, 0) is 37.1 Å². The maximum absolute atomic E-state index is 11.7. The van der Waals surface area contributed by atoms with Crippen LogP contribution in [0.4, 0.5) is 10.5 Å². The van der Waals surface area contributed by atoms with Crippen molar-refractivity contribution in [3.05, 3.63) is 16.3 Å². The second kappa shape index (κ2) is 4.69. The fraction of sp³-hybridized carbons (Fsp3) is 0.615. The predicted molar refractivity (Wildman–Crippen MR) is 72.9 cm³/mol. The standard InChI is InChI=1S/C13H21NO2S/c1-12(2,3)9-7-17-8-10(9)14-11(15)16-13(4,5)6/h7-8H,1-6H3,(H,14,15). The quantitative estimate of drug-likeness (QED) is 0.808. The van der Waals surface area contributed by atoms with E-state index in [9.17, 15) is 4.79 Å². The highest BCUT2D eigenvalue weighted by Gasteiger charge is 2.22. The second-order valence-corrected chi connectivity index (χ2v) is 6.82. The number of amides is 1. The molecule has 0 spiro atoms. The third-order valence-electron chi connectivity index (χ3n) is 2.11. The molecule has 0 aromatic carbocycles. The summed E-state index contributed by atoms with van der Waals surface area (Å²) in [6.07, 6.45) is -0.401. The van der Waals surface area contributed by atoms with Crippen molar-refractivity contribution in [2.75, 3.05) is 5.32 Å². The molecule has 4 heteroatoms. The maximum atomic E-state index is 11.7. The maximum Gasteiger partial charge on any atom is 0.412 e. The molecular formula is C13H21NO2S. The van der Waals surface area contributed by atoms with Gasteiger partial charge in [0.15, 0.2) is 0 Å². The third-order valence-corrected chi connectivity index (χ3v) is 2.85. The Balaban J connectivity index is 2.77. The summed E-state index contributed by atoms with van der Waals surface area (Å²) in [6, 6.07) is 0. The lowest BCUT2D eigenvalue weighted by atomic mass is 9.88. The summed E-state index contributed by atoms with van der Waals surface area (Å²) < 4.78 is 5.23. The Hall–Kier alpha value is -1.03. The van der Waals surface area contributed by atoms with Crippen molar-refractivity contribution in [3.8, 4) is 0 Å². The Kier molecular flexibility index (Phi) is 3.87. The Morgan fingerprint density at radius 2 is 1.76 bits per heavy atom. The van der Waals surface area contributed by atoms with Gasteiger partial charge in [0, 0.05) is 5.38 Å². The molecular weight excluding hydrogens is 234 g/mol. The first-order valence-corrected chi connectivity index (χ1v) is 6.60. The van der Waals surface area contributed by atoms with E-state index < -0.39 is 11.7 Å². The third kappa shape index (κ3) is 4.38. The number of hydrogen-bond donors (Lipinski definition) is 1. The molecule has 0 atom stereocenters. The lowest BCUT2D eigenvalue weighted by Crippen LogP contribution is -2.27. The number of hydrogen-bond acceptors (Lipinski definition) is 3. The number of thiophene rings is 1. The first-order valence-electron chi connectivity index (χ1n) is 5.66. The van der Waals surface area contributed by atoms with Gasteiger partial charge in [-0.25, -0.2) is 4.79 Å². The van der Waals surface area contributed by atoms with E-state index in [1.165, 1.54) is 0 Å². The molecule has 0 fully saturated rings. The minimum atomic E-state index is -0.470. The van der Waals surface area contributed by atoms with Crippen LogP contribution in [-0.2, 0) is 10.2 Å². The largest absolute Gasteiger partial charge is 0.444 e. The SMILES string of the molecule is CC(C)(C)OC(=O)Nc1cscc1C(C)(C)C. The van der Waals surface area contributed by atoms with Gasteiger partial charge in [-0.2, -0.15) is 0 Å². The van der Waals surface area contributed by atoms with Crippen LogP contribution in [0, 0.1) is 0 Å². The van der Waals surface area contributed by atoms with Crippen LogP contribution >= 0.6 is 11.3 Å². The molecule has 0 radical (unpaired) electrons. The first kappa shape index (κ1) is 14.0. The molecule has 1 rings (SSSR count). The average Bonchev–Trinajstić information content (AvgIpc) is 2.46. The fourth-order valence-corrected chi connectivity index (χ4v) is 2.39. The summed E-state index contributed by atoms with van der Waals surface area (Å²) in [5.74, 6) is 0. The molecule has 1 aromatic rings. The molecule has 0 aliphatic carbocycles. The van der Waals surface area contributed by atoms with Crippen LogP contribution in [-0.4, -0.2) is 11.7 Å². The lowest BCUT2D eigenvalue weighted by Gasteiger charge is -2.22. The number of carbonyl (C=O) groups is 1. The van der Waals surface area contributed by atoms with Gasteiger partial charge in [0.05, 0.1) is 5.69 Å². The Bertz CT molecular complexity index is 396. The van der Waals surface area contributed by atoms with Crippen LogP contribution in [0.1, 0.15) is 47.1 Å². The summed E-state index contributed by atoms with van der Waals surface area (Å²) in [6.45, 7) is 11.9. The van der Waals surface area contributed by atoms with Gasteiger partial charge in [0.1, 0.15) is 5.60 Å².